The van der Waals surface area contributed by atoms with E-state index in [4.69, 9.17) is 0 Å². The van der Waals surface area contributed by atoms with Crippen LogP contribution in [0.2, 0.25) is 0 Å². The Labute approximate surface area is 157 Å². The Morgan fingerprint density at radius 3 is 2.11 bits per heavy atom. The molecule has 0 aromatic heterocycles. The molecule has 6 heteroatoms. The van der Waals surface area contributed by atoms with E-state index in [0.29, 0.717) is 24.0 Å². The monoisotopic (exact) mass is 366 g/mol. The first-order valence-corrected chi connectivity index (χ1v) is 8.95. The van der Waals surface area contributed by atoms with Crippen LogP contribution >= 0.6 is 0 Å². The van der Waals surface area contributed by atoms with Gasteiger partial charge < -0.3 is 10.4 Å². The van der Waals surface area contributed by atoms with Gasteiger partial charge in [-0.15, -0.1) is 0 Å². The fourth-order valence-electron chi connectivity index (χ4n) is 3.26. The largest absolute Gasteiger partial charge is 0.480 e. The maximum atomic E-state index is 12.4. The van der Waals surface area contributed by atoms with E-state index in [1.54, 1.807) is 24.3 Å². The highest BCUT2D eigenvalue weighted by atomic mass is 16.4. The Morgan fingerprint density at radius 1 is 1.00 bits per heavy atom. The maximum absolute atomic E-state index is 12.4. The highest BCUT2D eigenvalue weighted by molar-refractivity contribution is 6.21. The molecule has 1 heterocycles. The molecule has 0 aliphatic carbocycles. The van der Waals surface area contributed by atoms with Gasteiger partial charge in [0.25, 0.3) is 11.8 Å². The first-order chi connectivity index (χ1) is 13.0. The number of hydrogen-bond donors (Lipinski definition) is 2. The van der Waals surface area contributed by atoms with Crippen molar-refractivity contribution in [1.82, 2.24) is 10.2 Å². The zero-order chi connectivity index (χ0) is 19.4. The van der Waals surface area contributed by atoms with E-state index < -0.39 is 12.0 Å². The van der Waals surface area contributed by atoms with Crippen molar-refractivity contribution in [3.63, 3.8) is 0 Å². The van der Waals surface area contributed by atoms with Crippen LogP contribution in [0.15, 0.2) is 54.6 Å². The molecule has 0 saturated carbocycles. The molecule has 140 valence electrons. The number of nitrogens with zero attached hydrogens (tertiary/aromatic N) is 1. The van der Waals surface area contributed by atoms with Gasteiger partial charge in [-0.2, -0.15) is 0 Å². The minimum Gasteiger partial charge on any atom is -0.480 e. The quantitative estimate of drug-likeness (QED) is 0.701. The number of carbonyl (C=O) groups is 3. The Balaban J connectivity index is 1.57. The number of aliphatic carboxylic acids is 1. The average Bonchev–Trinajstić information content (AvgIpc) is 2.91. The first-order valence-electron chi connectivity index (χ1n) is 8.95. The molecule has 27 heavy (non-hydrogen) atoms. The molecule has 2 N–H and O–H groups in total. The summed E-state index contributed by atoms with van der Waals surface area (Å²) >= 11 is 0. The van der Waals surface area contributed by atoms with Gasteiger partial charge >= 0.3 is 5.97 Å². The van der Waals surface area contributed by atoms with Gasteiger partial charge in [-0.05, 0) is 37.5 Å². The Hall–Kier alpha value is -2.99. The lowest BCUT2D eigenvalue weighted by molar-refractivity contribution is -0.139. The van der Waals surface area contributed by atoms with E-state index in [2.05, 4.69) is 5.32 Å². The Bertz CT molecular complexity index is 815. The molecule has 1 unspecified atom stereocenters. The predicted molar refractivity (Wildman–Crippen MR) is 101 cm³/mol. The van der Waals surface area contributed by atoms with Crippen LogP contribution in [0.1, 0.15) is 39.6 Å². The van der Waals surface area contributed by atoms with E-state index in [9.17, 15) is 19.5 Å². The van der Waals surface area contributed by atoms with Crippen LogP contribution < -0.4 is 5.32 Å². The van der Waals surface area contributed by atoms with E-state index in [1.165, 1.54) is 4.90 Å². The van der Waals surface area contributed by atoms with Gasteiger partial charge in [0.1, 0.15) is 6.04 Å². The Morgan fingerprint density at radius 2 is 1.56 bits per heavy atom. The van der Waals surface area contributed by atoms with Crippen molar-refractivity contribution in [2.24, 2.45) is 0 Å². The highest BCUT2D eigenvalue weighted by Crippen LogP contribution is 2.22. The summed E-state index contributed by atoms with van der Waals surface area (Å²) in [6.45, 7) is 2.11. The van der Waals surface area contributed by atoms with E-state index in [-0.39, 0.29) is 24.4 Å². The highest BCUT2D eigenvalue weighted by Gasteiger charge is 2.35. The third kappa shape index (κ3) is 4.23. The van der Waals surface area contributed by atoms with Crippen LogP contribution in [0.5, 0.6) is 0 Å². The molecule has 2 atom stereocenters. The van der Waals surface area contributed by atoms with Crippen LogP contribution in [0.4, 0.5) is 0 Å². The fraction of sp³-hybridized carbons (Fsp3) is 0.286. The zero-order valence-corrected chi connectivity index (χ0v) is 15.1. The summed E-state index contributed by atoms with van der Waals surface area (Å²) in [7, 11) is 0. The molecule has 1 aliphatic rings. The maximum Gasteiger partial charge on any atom is 0.321 e. The van der Waals surface area contributed by atoms with Gasteiger partial charge in [0, 0.05) is 12.6 Å². The fourth-order valence-corrected chi connectivity index (χ4v) is 3.26. The number of hydrogen-bond acceptors (Lipinski definition) is 4. The molecule has 6 nitrogen and oxygen atoms in total. The summed E-state index contributed by atoms with van der Waals surface area (Å²) in [6, 6.07) is 15.3. The lowest BCUT2D eigenvalue weighted by Crippen LogP contribution is -2.45. The summed E-state index contributed by atoms with van der Waals surface area (Å²) < 4.78 is 0. The minimum atomic E-state index is -0.925. The van der Waals surface area contributed by atoms with Crippen molar-refractivity contribution < 1.29 is 19.5 Å². The number of fused-ring (bicyclic) bond motifs is 1. The predicted octanol–water partition coefficient (Wildman–Crippen LogP) is 2.35. The summed E-state index contributed by atoms with van der Waals surface area (Å²) in [5, 5.41) is 12.6. The second-order valence-electron chi connectivity index (χ2n) is 6.74. The topological polar surface area (TPSA) is 86.7 Å². The van der Waals surface area contributed by atoms with Gasteiger partial charge in [-0.1, -0.05) is 42.5 Å². The number of carboxylic acid groups (broad SMARTS) is 1. The van der Waals surface area contributed by atoms with Crippen LogP contribution in [-0.4, -0.2) is 46.4 Å². The summed E-state index contributed by atoms with van der Waals surface area (Å²) in [6.07, 6.45) is 0.845. The second-order valence-corrected chi connectivity index (χ2v) is 6.74. The number of carboxylic acids is 1. The number of imide groups is 1. The number of carbonyl (C=O) groups excluding carboxylic acids is 2. The lowest BCUT2D eigenvalue weighted by Gasteiger charge is -2.22. The summed E-state index contributed by atoms with van der Waals surface area (Å²) in [5.74, 6) is -1.50. The molecule has 1 aliphatic heterocycles. The number of nitrogens with one attached hydrogen (secondary N) is 1. The van der Waals surface area contributed by atoms with Crippen LogP contribution in [0.25, 0.3) is 0 Å². The molecular weight excluding hydrogens is 344 g/mol. The Kier molecular flexibility index (Phi) is 5.66. The number of amides is 2. The average molecular weight is 366 g/mol. The smallest absolute Gasteiger partial charge is 0.321 e. The minimum absolute atomic E-state index is 0.167. The lowest BCUT2D eigenvalue weighted by atomic mass is 10.0. The van der Waals surface area contributed by atoms with Crippen LogP contribution in [0.3, 0.4) is 0 Å². The SMILES string of the molecule is CC(CCN1C(=O)c2ccccc2C1=O)N[C@H](Cc1ccccc1)C(=O)O. The second kappa shape index (κ2) is 8.14. The molecule has 2 aromatic carbocycles. The number of benzene rings is 2. The van der Waals surface area contributed by atoms with Crippen LogP contribution in [-0.2, 0) is 11.2 Å². The van der Waals surface area contributed by atoms with E-state index >= 15 is 0 Å². The summed E-state index contributed by atoms with van der Waals surface area (Å²) in [5.41, 5.74) is 1.79. The summed E-state index contributed by atoms with van der Waals surface area (Å²) in [4.78, 5) is 37.6. The van der Waals surface area contributed by atoms with Crippen molar-refractivity contribution >= 4 is 17.8 Å². The van der Waals surface area contributed by atoms with Gasteiger partial charge in [-0.25, -0.2) is 0 Å². The van der Waals surface area contributed by atoms with Gasteiger partial charge in [0.2, 0.25) is 0 Å². The van der Waals surface area contributed by atoms with Crippen molar-refractivity contribution in [3.8, 4) is 0 Å². The molecule has 2 amide bonds. The molecule has 2 aromatic rings. The van der Waals surface area contributed by atoms with E-state index in [0.717, 1.165) is 5.56 Å². The third-order valence-electron chi connectivity index (χ3n) is 4.73. The molecule has 0 radical (unpaired) electrons. The van der Waals surface area contributed by atoms with Gasteiger partial charge in [-0.3, -0.25) is 19.3 Å². The van der Waals surface area contributed by atoms with Crippen LogP contribution in [0, 0.1) is 0 Å². The zero-order valence-electron chi connectivity index (χ0n) is 15.1. The van der Waals surface area contributed by atoms with Crippen molar-refractivity contribution in [2.75, 3.05) is 6.54 Å². The molecule has 0 bridgehead atoms. The number of rotatable bonds is 8. The molecule has 0 spiro atoms. The van der Waals surface area contributed by atoms with Crippen molar-refractivity contribution in [3.05, 3.63) is 71.3 Å². The standard InChI is InChI=1S/C21H22N2O4/c1-14(22-18(21(26)27)13-15-7-3-2-4-8-15)11-12-23-19(24)16-9-5-6-10-17(16)20(23)25/h2-10,14,18,22H,11-13H2,1H3,(H,26,27)/t14?,18-/m1/s1. The van der Waals surface area contributed by atoms with Crippen molar-refractivity contribution in [2.45, 2.75) is 31.8 Å². The van der Waals surface area contributed by atoms with Gasteiger partial charge in [0.15, 0.2) is 0 Å². The molecular formula is C21H22N2O4. The normalized spacial score (nSPS) is 15.5. The van der Waals surface area contributed by atoms with Gasteiger partial charge in [0.05, 0.1) is 11.1 Å². The van der Waals surface area contributed by atoms with E-state index in [1.807, 2.05) is 37.3 Å². The molecule has 3 rings (SSSR count). The van der Waals surface area contributed by atoms with Crippen molar-refractivity contribution in [1.29, 1.82) is 0 Å². The third-order valence-corrected chi connectivity index (χ3v) is 4.73. The molecule has 0 saturated heterocycles. The molecule has 0 fully saturated rings. The first kappa shape index (κ1) is 18.8.